The summed E-state index contributed by atoms with van der Waals surface area (Å²) in [5.41, 5.74) is -1.15. The van der Waals surface area contributed by atoms with Crippen LogP contribution in [0.4, 0.5) is 28.0 Å². The summed E-state index contributed by atoms with van der Waals surface area (Å²) in [6.45, 7) is 1.01. The number of anilines is 1. The van der Waals surface area contributed by atoms with Crippen LogP contribution in [-0.2, 0) is 10.9 Å². The van der Waals surface area contributed by atoms with E-state index >= 15 is 0 Å². The van der Waals surface area contributed by atoms with Crippen molar-refractivity contribution in [2.75, 3.05) is 25.5 Å². The molecule has 0 bridgehead atoms. The molecule has 3 rings (SSSR count). The molecule has 156 valence electrons. The zero-order chi connectivity index (χ0) is 21.0. The van der Waals surface area contributed by atoms with Crippen LogP contribution in [0.15, 0.2) is 30.6 Å². The molecule has 1 saturated heterocycles. The molecule has 1 N–H and O–H groups in total. The standard InChI is InChI=1S/C19H20F4N4O2/c1-29-14-3-2-7-27(8-6-14)18(28)26-13-4-5-16(19(21,22)23)15(9-13)17-24-10-12(20)11-25-17/h4-5,9-11,14H,2-3,6-8H2,1H3,(H,26,28)/t14-/m1/s1. The van der Waals surface area contributed by atoms with E-state index in [9.17, 15) is 22.4 Å². The lowest BCUT2D eigenvalue weighted by Gasteiger charge is -2.21. The number of urea groups is 1. The van der Waals surface area contributed by atoms with Gasteiger partial charge in [-0.2, -0.15) is 13.2 Å². The lowest BCUT2D eigenvalue weighted by Crippen LogP contribution is -2.36. The predicted molar refractivity (Wildman–Crippen MR) is 97.7 cm³/mol. The third kappa shape index (κ3) is 5.20. The Balaban J connectivity index is 1.84. The zero-order valence-corrected chi connectivity index (χ0v) is 15.7. The average Bonchev–Trinajstić information content (AvgIpc) is 2.93. The van der Waals surface area contributed by atoms with E-state index in [0.717, 1.165) is 37.4 Å². The van der Waals surface area contributed by atoms with Crippen molar-refractivity contribution in [1.82, 2.24) is 14.9 Å². The number of hydrogen-bond donors (Lipinski definition) is 1. The molecule has 1 atom stereocenters. The Kier molecular flexibility index (Phi) is 6.31. The first-order valence-corrected chi connectivity index (χ1v) is 9.06. The van der Waals surface area contributed by atoms with Crippen LogP contribution in [0, 0.1) is 5.82 Å². The van der Waals surface area contributed by atoms with Gasteiger partial charge >= 0.3 is 12.2 Å². The number of likely N-dealkylation sites (tertiary alicyclic amines) is 1. The summed E-state index contributed by atoms with van der Waals surface area (Å²) < 4.78 is 58.5. The molecule has 2 heterocycles. The van der Waals surface area contributed by atoms with Crippen LogP contribution < -0.4 is 5.32 Å². The van der Waals surface area contributed by atoms with E-state index in [-0.39, 0.29) is 23.2 Å². The summed E-state index contributed by atoms with van der Waals surface area (Å²) >= 11 is 0. The van der Waals surface area contributed by atoms with Gasteiger partial charge in [0.05, 0.1) is 24.1 Å². The number of methoxy groups -OCH3 is 1. The third-order valence-corrected chi connectivity index (χ3v) is 4.73. The largest absolute Gasteiger partial charge is 0.417 e. The summed E-state index contributed by atoms with van der Waals surface area (Å²) in [7, 11) is 1.63. The average molecular weight is 412 g/mol. The van der Waals surface area contributed by atoms with Gasteiger partial charge in [-0.25, -0.2) is 19.2 Å². The van der Waals surface area contributed by atoms with Gasteiger partial charge in [0.1, 0.15) is 0 Å². The summed E-state index contributed by atoms with van der Waals surface area (Å²) in [6.07, 6.45) is -0.698. The monoisotopic (exact) mass is 412 g/mol. The van der Waals surface area contributed by atoms with Crippen molar-refractivity contribution in [3.63, 3.8) is 0 Å². The number of carbonyl (C=O) groups is 1. The van der Waals surface area contributed by atoms with Crippen molar-refractivity contribution in [2.24, 2.45) is 0 Å². The van der Waals surface area contributed by atoms with Crippen LogP contribution in [0.1, 0.15) is 24.8 Å². The molecule has 1 aromatic heterocycles. The van der Waals surface area contributed by atoms with Crippen LogP contribution in [0.25, 0.3) is 11.4 Å². The van der Waals surface area contributed by atoms with Crippen molar-refractivity contribution in [2.45, 2.75) is 31.5 Å². The highest BCUT2D eigenvalue weighted by molar-refractivity contribution is 5.90. The van der Waals surface area contributed by atoms with E-state index in [4.69, 9.17) is 4.74 Å². The van der Waals surface area contributed by atoms with E-state index in [1.54, 1.807) is 12.0 Å². The first-order valence-electron chi connectivity index (χ1n) is 9.06. The summed E-state index contributed by atoms with van der Waals surface area (Å²) in [5, 5.41) is 2.62. The van der Waals surface area contributed by atoms with Crippen molar-refractivity contribution in [1.29, 1.82) is 0 Å². The van der Waals surface area contributed by atoms with Gasteiger partial charge < -0.3 is 15.0 Å². The fraction of sp³-hybridized carbons (Fsp3) is 0.421. The van der Waals surface area contributed by atoms with E-state index in [1.165, 1.54) is 6.07 Å². The van der Waals surface area contributed by atoms with Crippen molar-refractivity contribution in [3.05, 3.63) is 42.0 Å². The lowest BCUT2D eigenvalue weighted by atomic mass is 10.1. The topological polar surface area (TPSA) is 67.3 Å². The number of rotatable bonds is 3. The maximum Gasteiger partial charge on any atom is 0.417 e. The Morgan fingerprint density at radius 3 is 2.59 bits per heavy atom. The van der Waals surface area contributed by atoms with E-state index in [2.05, 4.69) is 15.3 Å². The molecular formula is C19H20F4N4O2. The molecular weight excluding hydrogens is 392 g/mol. The molecule has 0 saturated carbocycles. The number of benzene rings is 1. The SMILES string of the molecule is CO[C@@H]1CCCN(C(=O)Nc2ccc(C(F)(F)F)c(-c3ncc(F)cn3)c2)CC1. The molecule has 0 spiro atoms. The van der Waals surface area contributed by atoms with Crippen LogP contribution >= 0.6 is 0 Å². The molecule has 1 fully saturated rings. The van der Waals surface area contributed by atoms with E-state index < -0.39 is 23.6 Å². The molecule has 0 aliphatic carbocycles. The van der Waals surface area contributed by atoms with Gasteiger partial charge in [-0.15, -0.1) is 0 Å². The number of nitrogens with one attached hydrogen (secondary N) is 1. The van der Waals surface area contributed by atoms with Crippen LogP contribution in [0.5, 0.6) is 0 Å². The summed E-state index contributed by atoms with van der Waals surface area (Å²) in [4.78, 5) is 21.4. The van der Waals surface area contributed by atoms with Crippen LogP contribution in [-0.4, -0.2) is 47.2 Å². The van der Waals surface area contributed by atoms with E-state index in [1.807, 2.05) is 0 Å². The Morgan fingerprint density at radius 2 is 1.93 bits per heavy atom. The maximum absolute atomic E-state index is 13.4. The zero-order valence-electron chi connectivity index (χ0n) is 15.7. The maximum atomic E-state index is 13.4. The van der Waals surface area contributed by atoms with Gasteiger partial charge in [0.2, 0.25) is 0 Å². The van der Waals surface area contributed by atoms with Crippen molar-refractivity contribution < 1.29 is 27.1 Å². The molecule has 2 amide bonds. The quantitative estimate of drug-likeness (QED) is 0.762. The second kappa shape index (κ2) is 8.73. The fourth-order valence-corrected chi connectivity index (χ4v) is 3.21. The van der Waals surface area contributed by atoms with Gasteiger partial charge in [-0.3, -0.25) is 0 Å². The van der Waals surface area contributed by atoms with Crippen molar-refractivity contribution >= 4 is 11.7 Å². The molecule has 10 heteroatoms. The number of aromatic nitrogens is 2. The minimum atomic E-state index is -4.66. The van der Waals surface area contributed by atoms with Crippen molar-refractivity contribution in [3.8, 4) is 11.4 Å². The highest BCUT2D eigenvalue weighted by Gasteiger charge is 2.34. The van der Waals surface area contributed by atoms with Crippen LogP contribution in [0.2, 0.25) is 0 Å². The highest BCUT2D eigenvalue weighted by atomic mass is 19.4. The number of halogens is 4. The van der Waals surface area contributed by atoms with Gasteiger partial charge in [-0.1, -0.05) is 0 Å². The number of nitrogens with zero attached hydrogens (tertiary/aromatic N) is 3. The minimum absolute atomic E-state index is 0.0843. The molecule has 29 heavy (non-hydrogen) atoms. The minimum Gasteiger partial charge on any atom is -0.381 e. The molecule has 0 radical (unpaired) electrons. The molecule has 1 aliphatic heterocycles. The molecule has 0 unspecified atom stereocenters. The van der Waals surface area contributed by atoms with E-state index in [0.29, 0.717) is 19.5 Å². The Morgan fingerprint density at radius 1 is 1.21 bits per heavy atom. The van der Waals surface area contributed by atoms with Gasteiger partial charge in [0, 0.05) is 31.5 Å². The normalized spacial score (nSPS) is 17.7. The van der Waals surface area contributed by atoms with Crippen LogP contribution in [0.3, 0.4) is 0 Å². The summed E-state index contributed by atoms with van der Waals surface area (Å²) in [5.74, 6) is -1.05. The Bertz CT molecular complexity index is 858. The molecule has 1 aromatic carbocycles. The lowest BCUT2D eigenvalue weighted by molar-refractivity contribution is -0.137. The molecule has 6 nitrogen and oxygen atoms in total. The molecule has 2 aromatic rings. The number of alkyl halides is 3. The smallest absolute Gasteiger partial charge is 0.381 e. The fourth-order valence-electron chi connectivity index (χ4n) is 3.21. The summed E-state index contributed by atoms with van der Waals surface area (Å²) in [6, 6.07) is 2.75. The van der Waals surface area contributed by atoms with Gasteiger partial charge in [-0.05, 0) is 37.5 Å². The van der Waals surface area contributed by atoms with Gasteiger partial charge in [0.25, 0.3) is 0 Å². The number of amides is 2. The first-order chi connectivity index (χ1) is 13.8. The predicted octanol–water partition coefficient (Wildman–Crippen LogP) is 4.33. The third-order valence-electron chi connectivity index (χ3n) is 4.73. The molecule has 1 aliphatic rings. The Hall–Kier alpha value is -2.75. The highest BCUT2D eigenvalue weighted by Crippen LogP contribution is 2.37. The second-order valence-corrected chi connectivity index (χ2v) is 6.69. The van der Waals surface area contributed by atoms with Gasteiger partial charge in [0.15, 0.2) is 11.6 Å². The number of carbonyl (C=O) groups excluding carboxylic acids is 1. The first kappa shape index (κ1) is 21.0. The number of hydrogen-bond acceptors (Lipinski definition) is 4. The second-order valence-electron chi connectivity index (χ2n) is 6.69. The number of ether oxygens (including phenoxy) is 1. The Labute approximate surface area is 164 Å².